The quantitative estimate of drug-likeness (QED) is 0.901. The Labute approximate surface area is 146 Å². The summed E-state index contributed by atoms with van der Waals surface area (Å²) in [5.41, 5.74) is 0. The van der Waals surface area contributed by atoms with Gasteiger partial charge in [0.1, 0.15) is 11.9 Å². The van der Waals surface area contributed by atoms with E-state index in [1.54, 1.807) is 0 Å². The molecule has 1 aromatic rings. The molecular formula is C19H31N3O2. The van der Waals surface area contributed by atoms with Crippen LogP contribution in [0.15, 0.2) is 30.3 Å². The highest BCUT2D eigenvalue weighted by molar-refractivity contribution is 5.74. The third kappa shape index (κ3) is 4.87. The summed E-state index contributed by atoms with van der Waals surface area (Å²) in [7, 11) is 4.04. The van der Waals surface area contributed by atoms with Gasteiger partial charge in [-0.15, -0.1) is 0 Å². The maximum absolute atomic E-state index is 12.6. The van der Waals surface area contributed by atoms with Crippen LogP contribution in [0.2, 0.25) is 0 Å². The second-order valence-electron chi connectivity index (χ2n) is 7.08. The molecule has 0 saturated carbocycles. The average Bonchev–Trinajstić information content (AvgIpc) is 2.55. The van der Waals surface area contributed by atoms with E-state index in [4.69, 9.17) is 4.74 Å². The van der Waals surface area contributed by atoms with Gasteiger partial charge in [0.25, 0.3) is 0 Å². The molecule has 1 heterocycles. The number of carbonyl (C=O) groups is 1. The van der Waals surface area contributed by atoms with Crippen molar-refractivity contribution in [1.29, 1.82) is 0 Å². The summed E-state index contributed by atoms with van der Waals surface area (Å²) >= 11 is 0. The molecule has 0 aromatic heterocycles. The van der Waals surface area contributed by atoms with E-state index >= 15 is 0 Å². The lowest BCUT2D eigenvalue weighted by Gasteiger charge is -2.40. The van der Waals surface area contributed by atoms with Crippen LogP contribution in [0.1, 0.15) is 27.2 Å². The second-order valence-corrected chi connectivity index (χ2v) is 7.08. The molecule has 24 heavy (non-hydrogen) atoms. The number of rotatable bonds is 5. The van der Waals surface area contributed by atoms with E-state index in [1.165, 1.54) is 0 Å². The van der Waals surface area contributed by atoms with Gasteiger partial charge in [0.15, 0.2) is 0 Å². The minimum absolute atomic E-state index is 0.0209. The van der Waals surface area contributed by atoms with Crippen LogP contribution >= 0.6 is 0 Å². The highest BCUT2D eigenvalue weighted by atomic mass is 16.5. The smallest absolute Gasteiger partial charge is 0.317 e. The Morgan fingerprint density at radius 2 is 2.00 bits per heavy atom. The minimum Gasteiger partial charge on any atom is -0.489 e. The van der Waals surface area contributed by atoms with E-state index < -0.39 is 0 Å². The Bertz CT molecular complexity index is 523. The van der Waals surface area contributed by atoms with Crippen molar-refractivity contribution in [1.82, 2.24) is 15.1 Å². The minimum atomic E-state index is -0.0975. The highest BCUT2D eigenvalue weighted by Gasteiger charge is 2.30. The van der Waals surface area contributed by atoms with E-state index in [-0.39, 0.29) is 18.2 Å². The van der Waals surface area contributed by atoms with Gasteiger partial charge in [0.2, 0.25) is 0 Å². The van der Waals surface area contributed by atoms with Crippen LogP contribution in [0.5, 0.6) is 5.75 Å². The molecule has 1 aromatic carbocycles. The number of hydrogen-bond donors (Lipinski definition) is 1. The SMILES string of the molecule is CC1CN(C)CCC1N(C)C(=O)NC(C)C(C)Oc1ccccc1. The van der Waals surface area contributed by atoms with Crippen molar-refractivity contribution in [2.45, 2.75) is 45.4 Å². The summed E-state index contributed by atoms with van der Waals surface area (Å²) in [5.74, 6) is 1.30. The number of benzene rings is 1. The number of piperidine rings is 1. The molecule has 0 spiro atoms. The molecule has 0 aliphatic carbocycles. The highest BCUT2D eigenvalue weighted by Crippen LogP contribution is 2.20. The first-order valence-electron chi connectivity index (χ1n) is 8.82. The lowest BCUT2D eigenvalue weighted by Crippen LogP contribution is -2.55. The average molecular weight is 333 g/mol. The van der Waals surface area contributed by atoms with Crippen LogP contribution in [0.3, 0.4) is 0 Å². The predicted octanol–water partition coefficient (Wildman–Crippen LogP) is 2.82. The molecule has 1 aliphatic heterocycles. The number of urea groups is 1. The zero-order valence-electron chi connectivity index (χ0n) is 15.5. The molecule has 4 atom stereocenters. The molecule has 2 rings (SSSR count). The Balaban J connectivity index is 1.86. The van der Waals surface area contributed by atoms with Crippen molar-refractivity contribution in [3.8, 4) is 5.75 Å². The fourth-order valence-electron chi connectivity index (χ4n) is 3.30. The van der Waals surface area contributed by atoms with Crippen LogP contribution in [-0.2, 0) is 0 Å². The number of ether oxygens (including phenoxy) is 1. The number of hydrogen-bond acceptors (Lipinski definition) is 3. The van der Waals surface area contributed by atoms with Crippen molar-refractivity contribution in [3.05, 3.63) is 30.3 Å². The van der Waals surface area contributed by atoms with Gasteiger partial charge in [0.05, 0.1) is 6.04 Å². The first-order chi connectivity index (χ1) is 11.4. The first kappa shape index (κ1) is 18.6. The summed E-state index contributed by atoms with van der Waals surface area (Å²) in [6.45, 7) is 8.25. The lowest BCUT2D eigenvalue weighted by atomic mass is 9.93. The van der Waals surface area contributed by atoms with E-state index in [2.05, 4.69) is 24.2 Å². The van der Waals surface area contributed by atoms with Crippen LogP contribution in [-0.4, -0.2) is 61.2 Å². The zero-order chi connectivity index (χ0) is 17.7. The summed E-state index contributed by atoms with van der Waals surface area (Å²) in [5, 5.41) is 3.08. The van der Waals surface area contributed by atoms with Crippen LogP contribution in [0, 0.1) is 5.92 Å². The van der Waals surface area contributed by atoms with E-state index in [9.17, 15) is 4.79 Å². The number of nitrogens with zero attached hydrogens (tertiary/aromatic N) is 2. The molecule has 1 fully saturated rings. The molecule has 0 radical (unpaired) electrons. The van der Waals surface area contributed by atoms with Crippen LogP contribution in [0.4, 0.5) is 4.79 Å². The topological polar surface area (TPSA) is 44.8 Å². The number of nitrogens with one attached hydrogen (secondary N) is 1. The van der Waals surface area contributed by atoms with Crippen LogP contribution < -0.4 is 10.1 Å². The zero-order valence-corrected chi connectivity index (χ0v) is 15.5. The molecule has 134 valence electrons. The summed E-state index contributed by atoms with van der Waals surface area (Å²) in [4.78, 5) is 16.8. The van der Waals surface area contributed by atoms with E-state index in [0.29, 0.717) is 12.0 Å². The first-order valence-corrected chi connectivity index (χ1v) is 8.82. The molecule has 1 N–H and O–H groups in total. The molecule has 1 saturated heterocycles. The molecule has 5 heteroatoms. The fraction of sp³-hybridized carbons (Fsp3) is 0.632. The van der Waals surface area contributed by atoms with Gasteiger partial charge in [-0.3, -0.25) is 0 Å². The number of carbonyl (C=O) groups excluding carboxylic acids is 1. The standard InChI is InChI=1S/C19H31N3O2/c1-14-13-21(4)12-11-18(14)22(5)19(23)20-15(2)16(3)24-17-9-7-6-8-10-17/h6-10,14-16,18H,11-13H2,1-5H3,(H,20,23). The van der Waals surface area contributed by atoms with Gasteiger partial charge in [-0.2, -0.15) is 0 Å². The molecule has 2 amide bonds. The maximum atomic E-state index is 12.6. The van der Waals surface area contributed by atoms with Gasteiger partial charge in [-0.25, -0.2) is 4.79 Å². The van der Waals surface area contributed by atoms with Gasteiger partial charge >= 0.3 is 6.03 Å². The van der Waals surface area contributed by atoms with E-state index in [0.717, 1.165) is 25.3 Å². The summed E-state index contributed by atoms with van der Waals surface area (Å²) < 4.78 is 5.90. The Morgan fingerprint density at radius 3 is 2.62 bits per heavy atom. The van der Waals surface area contributed by atoms with Gasteiger partial charge in [-0.05, 0) is 51.9 Å². The van der Waals surface area contributed by atoms with Gasteiger partial charge in [-0.1, -0.05) is 25.1 Å². The molecule has 1 aliphatic rings. The molecule has 0 bridgehead atoms. The normalized spacial score (nSPS) is 24.0. The maximum Gasteiger partial charge on any atom is 0.317 e. The van der Waals surface area contributed by atoms with E-state index in [1.807, 2.05) is 56.1 Å². The third-order valence-corrected chi connectivity index (χ3v) is 5.00. The third-order valence-electron chi connectivity index (χ3n) is 5.00. The Kier molecular flexibility index (Phi) is 6.49. The van der Waals surface area contributed by atoms with Crippen molar-refractivity contribution < 1.29 is 9.53 Å². The van der Waals surface area contributed by atoms with Crippen molar-refractivity contribution in [2.24, 2.45) is 5.92 Å². The second kappa shape index (κ2) is 8.38. The van der Waals surface area contributed by atoms with Gasteiger partial charge < -0.3 is 19.9 Å². The van der Waals surface area contributed by atoms with Crippen molar-refractivity contribution >= 4 is 6.03 Å². The fourth-order valence-corrected chi connectivity index (χ4v) is 3.30. The number of para-hydroxylation sites is 1. The monoisotopic (exact) mass is 333 g/mol. The van der Waals surface area contributed by atoms with Crippen LogP contribution in [0.25, 0.3) is 0 Å². The van der Waals surface area contributed by atoms with Gasteiger partial charge in [0, 0.05) is 19.6 Å². The summed E-state index contributed by atoms with van der Waals surface area (Å²) in [6.07, 6.45) is 0.922. The summed E-state index contributed by atoms with van der Waals surface area (Å²) in [6, 6.07) is 9.91. The number of amides is 2. The number of likely N-dealkylation sites (tertiary alicyclic amines) is 1. The van der Waals surface area contributed by atoms with Crippen molar-refractivity contribution in [2.75, 3.05) is 27.2 Å². The molecule has 5 nitrogen and oxygen atoms in total. The Hall–Kier alpha value is -1.75. The lowest BCUT2D eigenvalue weighted by molar-refractivity contribution is 0.101. The predicted molar refractivity (Wildman–Crippen MR) is 97.4 cm³/mol. The molecule has 4 unspecified atom stereocenters. The Morgan fingerprint density at radius 1 is 1.33 bits per heavy atom. The largest absolute Gasteiger partial charge is 0.489 e. The van der Waals surface area contributed by atoms with Crippen molar-refractivity contribution in [3.63, 3.8) is 0 Å². The molecular weight excluding hydrogens is 302 g/mol.